The smallest absolute Gasteiger partial charge is 0.335 e. The van der Waals surface area contributed by atoms with Crippen molar-refractivity contribution in [3.8, 4) is 17.1 Å². The van der Waals surface area contributed by atoms with E-state index < -0.39 is 5.97 Å². The fraction of sp³-hybridized carbons (Fsp3) is 0.130. The van der Waals surface area contributed by atoms with Gasteiger partial charge in [0.05, 0.1) is 10.9 Å². The first kappa shape index (κ1) is 19.2. The number of hydrogen-bond acceptors (Lipinski definition) is 4. The third-order valence-corrected chi connectivity index (χ3v) is 4.08. The maximum absolute atomic E-state index is 12.4. The maximum atomic E-state index is 12.4. The van der Waals surface area contributed by atoms with E-state index in [4.69, 9.17) is 14.3 Å². The van der Waals surface area contributed by atoms with Crippen LogP contribution in [0.3, 0.4) is 0 Å². The number of carboxylic acid groups (broad SMARTS) is 1. The summed E-state index contributed by atoms with van der Waals surface area (Å²) >= 11 is 0. The molecule has 0 aliphatic heterocycles. The third-order valence-electron chi connectivity index (χ3n) is 4.08. The van der Waals surface area contributed by atoms with Crippen molar-refractivity contribution in [3.05, 3.63) is 88.3 Å². The van der Waals surface area contributed by atoms with Crippen LogP contribution in [0.2, 0.25) is 0 Å². The number of carboxylic acids is 1. The molecule has 0 aliphatic carbocycles. The van der Waals surface area contributed by atoms with E-state index in [9.17, 15) is 9.59 Å². The lowest BCUT2D eigenvalue weighted by Gasteiger charge is -2.08. The van der Waals surface area contributed by atoms with Crippen LogP contribution >= 0.6 is 0 Å². The van der Waals surface area contributed by atoms with Gasteiger partial charge in [-0.2, -0.15) is 0 Å². The zero-order valence-corrected chi connectivity index (χ0v) is 15.6. The Kier molecular flexibility index (Phi) is 5.75. The molecule has 1 N–H and O–H groups in total. The normalized spacial score (nSPS) is 11.9. The Morgan fingerprint density at radius 3 is 2.54 bits per heavy atom. The van der Waals surface area contributed by atoms with Gasteiger partial charge < -0.3 is 14.3 Å². The van der Waals surface area contributed by atoms with Crippen molar-refractivity contribution >= 4 is 16.9 Å². The van der Waals surface area contributed by atoms with Gasteiger partial charge in [0, 0.05) is 11.6 Å². The molecule has 2 aromatic carbocycles. The van der Waals surface area contributed by atoms with Crippen molar-refractivity contribution in [1.29, 1.82) is 0 Å². The number of benzene rings is 2. The number of rotatable bonds is 6. The minimum Gasteiger partial charge on any atom is -0.478 e. The molecule has 1 aromatic heterocycles. The minimum absolute atomic E-state index is 0.0473. The molecular weight excluding hydrogens is 356 g/mol. The standard InChI is InChI=1S/C23H20O5/c1-3-5-17(6-4-2)27-18-10-7-15(8-11-18)22-14-20(24)19-13-16(23(25)26)9-12-21(19)28-22/h3,5-14H,4H2,1-2H3,(H,25,26)/b5-3-,17-6+. The number of fused-ring (bicyclic) bond motifs is 1. The van der Waals surface area contributed by atoms with Gasteiger partial charge in [-0.05, 0) is 68.0 Å². The quantitative estimate of drug-likeness (QED) is 0.460. The molecule has 0 saturated carbocycles. The van der Waals surface area contributed by atoms with Gasteiger partial charge in [0.1, 0.15) is 22.9 Å². The Morgan fingerprint density at radius 2 is 1.89 bits per heavy atom. The summed E-state index contributed by atoms with van der Waals surface area (Å²) in [4.78, 5) is 23.5. The molecule has 5 heteroatoms. The molecule has 0 spiro atoms. The Hall–Kier alpha value is -3.60. The second-order valence-corrected chi connectivity index (χ2v) is 6.13. The first-order valence-electron chi connectivity index (χ1n) is 8.94. The van der Waals surface area contributed by atoms with Crippen LogP contribution in [-0.2, 0) is 0 Å². The zero-order valence-electron chi connectivity index (χ0n) is 15.6. The van der Waals surface area contributed by atoms with Gasteiger partial charge >= 0.3 is 5.97 Å². The highest BCUT2D eigenvalue weighted by Crippen LogP contribution is 2.25. The molecule has 3 aromatic rings. The highest BCUT2D eigenvalue weighted by atomic mass is 16.5. The van der Waals surface area contributed by atoms with Crippen molar-refractivity contribution in [2.24, 2.45) is 0 Å². The molecule has 142 valence electrons. The Labute approximate surface area is 162 Å². The van der Waals surface area contributed by atoms with Crippen molar-refractivity contribution in [1.82, 2.24) is 0 Å². The summed E-state index contributed by atoms with van der Waals surface area (Å²) in [5.74, 6) is 0.764. The van der Waals surface area contributed by atoms with E-state index in [0.29, 0.717) is 17.1 Å². The van der Waals surface area contributed by atoms with Crippen LogP contribution in [0, 0.1) is 0 Å². The topological polar surface area (TPSA) is 76.7 Å². The van der Waals surface area contributed by atoms with Crippen molar-refractivity contribution in [2.75, 3.05) is 0 Å². The second kappa shape index (κ2) is 8.39. The number of hydrogen-bond donors (Lipinski definition) is 1. The number of aromatic carboxylic acids is 1. The summed E-state index contributed by atoms with van der Waals surface area (Å²) < 4.78 is 11.6. The number of carbonyl (C=O) groups is 1. The first-order valence-corrected chi connectivity index (χ1v) is 8.94. The molecular formula is C23H20O5. The van der Waals surface area contributed by atoms with E-state index in [2.05, 4.69) is 0 Å². The number of allylic oxidation sites excluding steroid dienone is 3. The second-order valence-electron chi connectivity index (χ2n) is 6.13. The molecule has 0 unspecified atom stereocenters. The third kappa shape index (κ3) is 4.20. The highest BCUT2D eigenvalue weighted by molar-refractivity contribution is 5.93. The molecule has 1 heterocycles. The Bertz CT molecular complexity index is 1120. The lowest BCUT2D eigenvalue weighted by atomic mass is 10.1. The number of ether oxygens (including phenoxy) is 1. The van der Waals surface area contributed by atoms with Gasteiger partial charge in [-0.1, -0.05) is 13.0 Å². The summed E-state index contributed by atoms with van der Waals surface area (Å²) in [5, 5.41) is 9.31. The van der Waals surface area contributed by atoms with Crippen LogP contribution in [0.1, 0.15) is 30.6 Å². The van der Waals surface area contributed by atoms with E-state index in [1.807, 2.05) is 44.2 Å². The first-order chi connectivity index (χ1) is 13.5. The van der Waals surface area contributed by atoms with Crippen LogP contribution in [0.15, 0.2) is 81.7 Å². The van der Waals surface area contributed by atoms with E-state index in [-0.39, 0.29) is 16.4 Å². The average Bonchev–Trinajstić information content (AvgIpc) is 2.68. The SMILES string of the molecule is C/C=C\C(=C/CC)Oc1ccc(-c2cc(=O)c3cc(C(=O)O)ccc3o2)cc1. The summed E-state index contributed by atoms with van der Waals surface area (Å²) in [7, 11) is 0. The predicted octanol–water partition coefficient (Wildman–Crippen LogP) is 5.41. The monoisotopic (exact) mass is 376 g/mol. The van der Waals surface area contributed by atoms with Gasteiger partial charge in [-0.15, -0.1) is 0 Å². The molecule has 0 atom stereocenters. The molecule has 28 heavy (non-hydrogen) atoms. The lowest BCUT2D eigenvalue weighted by molar-refractivity contribution is 0.0697. The molecule has 0 saturated heterocycles. The molecule has 0 fully saturated rings. The van der Waals surface area contributed by atoms with E-state index in [1.54, 1.807) is 12.1 Å². The van der Waals surface area contributed by atoms with Crippen molar-refractivity contribution in [2.45, 2.75) is 20.3 Å². The summed E-state index contributed by atoms with van der Waals surface area (Å²) in [6.07, 6.45) is 6.66. The Balaban J connectivity index is 1.92. The zero-order chi connectivity index (χ0) is 20.1. The predicted molar refractivity (Wildman–Crippen MR) is 109 cm³/mol. The molecule has 0 radical (unpaired) electrons. The maximum Gasteiger partial charge on any atom is 0.335 e. The summed E-state index contributed by atoms with van der Waals surface area (Å²) in [5.41, 5.74) is 0.821. The molecule has 0 amide bonds. The molecule has 5 nitrogen and oxygen atoms in total. The largest absolute Gasteiger partial charge is 0.478 e. The molecule has 0 aliphatic rings. The fourth-order valence-electron chi connectivity index (χ4n) is 2.76. The fourth-order valence-corrected chi connectivity index (χ4v) is 2.76. The van der Waals surface area contributed by atoms with Gasteiger partial charge in [-0.25, -0.2) is 4.79 Å². The lowest BCUT2D eigenvalue weighted by Crippen LogP contribution is -2.03. The van der Waals surface area contributed by atoms with E-state index in [0.717, 1.165) is 17.7 Å². The highest BCUT2D eigenvalue weighted by Gasteiger charge is 2.10. The van der Waals surface area contributed by atoms with Crippen LogP contribution in [0.5, 0.6) is 5.75 Å². The average molecular weight is 376 g/mol. The van der Waals surface area contributed by atoms with Crippen LogP contribution in [0.4, 0.5) is 0 Å². The van der Waals surface area contributed by atoms with Gasteiger partial charge in [0.15, 0.2) is 5.43 Å². The van der Waals surface area contributed by atoms with Gasteiger partial charge in [0.25, 0.3) is 0 Å². The van der Waals surface area contributed by atoms with Crippen LogP contribution < -0.4 is 10.2 Å². The van der Waals surface area contributed by atoms with Crippen molar-refractivity contribution in [3.63, 3.8) is 0 Å². The van der Waals surface area contributed by atoms with E-state index >= 15 is 0 Å². The summed E-state index contributed by atoms with van der Waals surface area (Å²) in [6, 6.07) is 12.8. The van der Waals surface area contributed by atoms with Gasteiger partial charge in [-0.3, -0.25) is 4.79 Å². The van der Waals surface area contributed by atoms with Crippen LogP contribution in [0.25, 0.3) is 22.3 Å². The molecule has 0 bridgehead atoms. The Morgan fingerprint density at radius 1 is 1.14 bits per heavy atom. The van der Waals surface area contributed by atoms with Gasteiger partial charge in [0.2, 0.25) is 0 Å². The van der Waals surface area contributed by atoms with Crippen LogP contribution in [-0.4, -0.2) is 11.1 Å². The van der Waals surface area contributed by atoms with Crippen molar-refractivity contribution < 1.29 is 19.1 Å². The molecule has 3 rings (SSSR count). The van der Waals surface area contributed by atoms with E-state index in [1.165, 1.54) is 24.3 Å². The summed E-state index contributed by atoms with van der Waals surface area (Å²) in [6.45, 7) is 3.97. The minimum atomic E-state index is -1.09.